The van der Waals surface area contributed by atoms with E-state index in [-0.39, 0.29) is 0 Å². The summed E-state index contributed by atoms with van der Waals surface area (Å²) in [6, 6.07) is 7.85. The molecule has 3 heterocycles. The van der Waals surface area contributed by atoms with Gasteiger partial charge in [-0.15, -0.1) is 0 Å². The number of aromatic nitrogens is 2. The maximum absolute atomic E-state index is 9.45. The lowest BCUT2D eigenvalue weighted by molar-refractivity contribution is 0.585. The molecule has 0 atom stereocenters. The predicted molar refractivity (Wildman–Crippen MR) is 94.8 cm³/mol. The van der Waals surface area contributed by atoms with Crippen LogP contribution in [0, 0.1) is 16.7 Å². The summed E-state index contributed by atoms with van der Waals surface area (Å²) in [5, 5.41) is 20.2. The van der Waals surface area contributed by atoms with Gasteiger partial charge in [-0.25, -0.2) is 0 Å². The molecule has 0 amide bonds. The van der Waals surface area contributed by atoms with Crippen molar-refractivity contribution in [1.29, 1.82) is 10.7 Å². The van der Waals surface area contributed by atoms with Gasteiger partial charge < -0.3 is 26.3 Å². The molecule has 7 nitrogen and oxygen atoms in total. The largest absolute Gasteiger partial charge is 0.404 e. The van der Waals surface area contributed by atoms with Crippen molar-refractivity contribution in [2.24, 2.45) is 5.73 Å². The Labute approximate surface area is 140 Å². The van der Waals surface area contributed by atoms with Crippen LogP contribution in [0.4, 0.5) is 5.82 Å². The number of hydrogen-bond acceptors (Lipinski definition) is 6. The molecule has 24 heavy (non-hydrogen) atoms. The predicted octanol–water partition coefficient (Wildman–Crippen LogP) is 1.31. The van der Waals surface area contributed by atoms with Crippen LogP contribution in [0.15, 0.2) is 30.6 Å². The molecule has 2 aromatic rings. The van der Waals surface area contributed by atoms with Gasteiger partial charge in [0.05, 0.1) is 11.3 Å². The summed E-state index contributed by atoms with van der Waals surface area (Å²) in [7, 11) is 0. The van der Waals surface area contributed by atoms with Gasteiger partial charge in [0, 0.05) is 61.6 Å². The van der Waals surface area contributed by atoms with E-state index in [9.17, 15) is 5.26 Å². The Kier molecular flexibility index (Phi) is 4.59. The molecule has 122 valence electrons. The molecule has 7 heteroatoms. The highest BCUT2D eigenvalue weighted by Crippen LogP contribution is 2.28. The fourth-order valence-electron chi connectivity index (χ4n) is 2.79. The molecule has 0 radical (unpaired) electrons. The van der Waals surface area contributed by atoms with Crippen LogP contribution in [0.25, 0.3) is 16.8 Å². The molecule has 0 aromatic carbocycles. The number of H-pyrrole nitrogens is 1. The molecule has 5 N–H and O–H groups in total. The highest BCUT2D eigenvalue weighted by molar-refractivity contribution is 6.07. The van der Waals surface area contributed by atoms with Gasteiger partial charge in [-0.05, 0) is 18.2 Å². The molecule has 0 bridgehead atoms. The average Bonchev–Trinajstić information content (AvgIpc) is 3.08. The third kappa shape index (κ3) is 3.00. The number of hydrogen-bond donors (Lipinski definition) is 4. The number of rotatable bonds is 4. The number of aromatic amines is 1. The summed E-state index contributed by atoms with van der Waals surface area (Å²) in [5.41, 5.74) is 9.09. The van der Waals surface area contributed by atoms with E-state index in [4.69, 9.17) is 11.1 Å². The van der Waals surface area contributed by atoms with E-state index < -0.39 is 0 Å². The maximum Gasteiger partial charge on any atom is 0.124 e. The van der Waals surface area contributed by atoms with Crippen LogP contribution < -0.4 is 16.0 Å². The minimum atomic E-state index is 0.547. The highest BCUT2D eigenvalue weighted by atomic mass is 15.2. The summed E-state index contributed by atoms with van der Waals surface area (Å²) in [6.45, 7) is 3.54. The standard InChI is InChI=1S/C17H19N7/c18-9-13-8-16(23-17(13)24-5-3-21-4-6-24)12-1-2-22-15(7-12)14(10-19)11-20/h1-2,7-8,10-11,19,21,23H,3-6,20H2/b14-11+,19-10?. The van der Waals surface area contributed by atoms with Crippen molar-refractivity contribution < 1.29 is 0 Å². The van der Waals surface area contributed by atoms with E-state index in [1.165, 1.54) is 12.4 Å². The number of allylic oxidation sites excluding steroid dienone is 1. The van der Waals surface area contributed by atoms with Gasteiger partial charge in [-0.2, -0.15) is 5.26 Å². The Morgan fingerprint density at radius 1 is 1.38 bits per heavy atom. The van der Waals surface area contributed by atoms with Crippen molar-refractivity contribution in [2.45, 2.75) is 0 Å². The smallest absolute Gasteiger partial charge is 0.124 e. The molecule has 3 rings (SSSR count). The molecular formula is C17H19N7. The zero-order chi connectivity index (χ0) is 16.9. The third-order valence-corrected chi connectivity index (χ3v) is 4.05. The first-order valence-corrected chi connectivity index (χ1v) is 7.74. The molecule has 0 aliphatic carbocycles. The van der Waals surface area contributed by atoms with Gasteiger partial charge in [0.1, 0.15) is 11.9 Å². The SMILES string of the molecule is N#Cc1cc(-c2ccnc(/C(C=N)=C/N)c2)[nH]c1N1CCNCC1. The van der Waals surface area contributed by atoms with Gasteiger partial charge >= 0.3 is 0 Å². The molecule has 2 aromatic heterocycles. The summed E-state index contributed by atoms with van der Waals surface area (Å²) in [4.78, 5) is 9.79. The van der Waals surface area contributed by atoms with Crippen LogP contribution in [0.1, 0.15) is 11.3 Å². The van der Waals surface area contributed by atoms with Crippen molar-refractivity contribution in [3.63, 3.8) is 0 Å². The number of anilines is 1. The van der Waals surface area contributed by atoms with E-state index in [0.29, 0.717) is 16.8 Å². The fraction of sp³-hybridized carbons (Fsp3) is 0.235. The van der Waals surface area contributed by atoms with E-state index in [2.05, 4.69) is 26.3 Å². The Morgan fingerprint density at radius 3 is 2.83 bits per heavy atom. The summed E-state index contributed by atoms with van der Waals surface area (Å²) < 4.78 is 0. The monoisotopic (exact) mass is 321 g/mol. The topological polar surface area (TPSA) is 118 Å². The third-order valence-electron chi connectivity index (χ3n) is 4.05. The number of nitrogens with one attached hydrogen (secondary N) is 3. The van der Waals surface area contributed by atoms with Gasteiger partial charge in [-0.1, -0.05) is 0 Å². The number of pyridine rings is 1. The number of nitrogens with two attached hydrogens (primary N) is 1. The zero-order valence-corrected chi connectivity index (χ0v) is 13.2. The van der Waals surface area contributed by atoms with Crippen molar-refractivity contribution in [1.82, 2.24) is 15.3 Å². The first-order chi connectivity index (χ1) is 11.8. The van der Waals surface area contributed by atoms with Gasteiger partial charge in [0.15, 0.2) is 0 Å². The van der Waals surface area contributed by atoms with E-state index in [1.54, 1.807) is 6.20 Å². The Bertz CT molecular complexity index is 807. The number of nitriles is 1. The zero-order valence-electron chi connectivity index (χ0n) is 13.2. The van der Waals surface area contributed by atoms with Crippen molar-refractivity contribution in [3.8, 4) is 17.3 Å². The lowest BCUT2D eigenvalue weighted by Crippen LogP contribution is -2.44. The Hall–Kier alpha value is -3.11. The van der Waals surface area contributed by atoms with E-state index in [0.717, 1.165) is 43.3 Å². The van der Waals surface area contributed by atoms with E-state index in [1.807, 2.05) is 18.2 Å². The molecule has 1 saturated heterocycles. The Balaban J connectivity index is 1.98. The molecule has 0 unspecified atom stereocenters. The first-order valence-electron chi connectivity index (χ1n) is 7.74. The lowest BCUT2D eigenvalue weighted by Gasteiger charge is -2.28. The van der Waals surface area contributed by atoms with Crippen LogP contribution in [-0.2, 0) is 0 Å². The fourth-order valence-corrected chi connectivity index (χ4v) is 2.79. The molecule has 1 aliphatic heterocycles. The minimum absolute atomic E-state index is 0.547. The summed E-state index contributed by atoms with van der Waals surface area (Å²) >= 11 is 0. The second-order valence-electron chi connectivity index (χ2n) is 5.49. The molecule has 1 aliphatic rings. The summed E-state index contributed by atoms with van der Waals surface area (Å²) in [5.74, 6) is 0.856. The number of nitrogens with zero attached hydrogens (tertiary/aromatic N) is 3. The minimum Gasteiger partial charge on any atom is -0.404 e. The van der Waals surface area contributed by atoms with Gasteiger partial charge in [0.25, 0.3) is 0 Å². The van der Waals surface area contributed by atoms with Crippen molar-refractivity contribution >= 4 is 17.6 Å². The number of piperazine rings is 1. The highest BCUT2D eigenvalue weighted by Gasteiger charge is 2.18. The second-order valence-corrected chi connectivity index (χ2v) is 5.49. The van der Waals surface area contributed by atoms with Crippen LogP contribution in [0.5, 0.6) is 0 Å². The van der Waals surface area contributed by atoms with E-state index >= 15 is 0 Å². The molecule has 0 saturated carbocycles. The molecule has 0 spiro atoms. The second kappa shape index (κ2) is 6.98. The van der Waals surface area contributed by atoms with Crippen LogP contribution >= 0.6 is 0 Å². The van der Waals surface area contributed by atoms with Crippen molar-refractivity contribution in [2.75, 3.05) is 31.1 Å². The average molecular weight is 321 g/mol. The van der Waals surface area contributed by atoms with Crippen LogP contribution in [0.2, 0.25) is 0 Å². The van der Waals surface area contributed by atoms with Crippen LogP contribution in [0.3, 0.4) is 0 Å². The van der Waals surface area contributed by atoms with Crippen molar-refractivity contribution in [3.05, 3.63) is 41.9 Å². The Morgan fingerprint density at radius 2 is 2.17 bits per heavy atom. The molecular weight excluding hydrogens is 302 g/mol. The lowest BCUT2D eigenvalue weighted by atomic mass is 10.1. The summed E-state index contributed by atoms with van der Waals surface area (Å²) in [6.07, 6.45) is 4.21. The van der Waals surface area contributed by atoms with Gasteiger partial charge in [0.2, 0.25) is 0 Å². The maximum atomic E-state index is 9.45. The molecule has 1 fully saturated rings. The van der Waals surface area contributed by atoms with Crippen LogP contribution in [-0.4, -0.2) is 42.4 Å². The first kappa shape index (κ1) is 15.8. The van der Waals surface area contributed by atoms with Gasteiger partial charge in [-0.3, -0.25) is 4.98 Å². The quantitative estimate of drug-likeness (QED) is 0.633. The normalized spacial score (nSPS) is 15.1.